The summed E-state index contributed by atoms with van der Waals surface area (Å²) in [5.41, 5.74) is 1.18. The van der Waals surface area contributed by atoms with Crippen LogP contribution in [-0.4, -0.2) is 27.9 Å². The number of hydrogen-bond acceptors (Lipinski definition) is 6. The minimum Gasteiger partial charge on any atom is -0.372 e. The lowest BCUT2D eigenvalue weighted by atomic mass is 9.93. The van der Waals surface area contributed by atoms with E-state index in [1.165, 1.54) is 23.7 Å². The van der Waals surface area contributed by atoms with Crippen LogP contribution >= 0.6 is 11.3 Å². The number of aromatic nitrogens is 3. The van der Waals surface area contributed by atoms with Crippen LogP contribution in [0.1, 0.15) is 37.0 Å². The lowest BCUT2D eigenvalue weighted by molar-refractivity contribution is 0.102. The van der Waals surface area contributed by atoms with Gasteiger partial charge in [0, 0.05) is 17.8 Å². The summed E-state index contributed by atoms with van der Waals surface area (Å²) in [6, 6.07) is 0. The molecule has 0 saturated carbocycles. The Morgan fingerprint density at radius 1 is 1.25 bits per heavy atom. The third kappa shape index (κ3) is 3.30. The number of nitrogens with one attached hydrogen (secondary N) is 2. The molecule has 20 heavy (non-hydrogen) atoms. The molecule has 2 N–H and O–H groups in total. The third-order valence-electron chi connectivity index (χ3n) is 2.63. The van der Waals surface area contributed by atoms with Crippen LogP contribution in [-0.2, 0) is 5.41 Å². The van der Waals surface area contributed by atoms with Crippen LogP contribution in [0, 0.1) is 0 Å². The lowest BCUT2D eigenvalue weighted by Gasteiger charge is -2.14. The van der Waals surface area contributed by atoms with E-state index in [2.05, 4.69) is 46.4 Å². The molecule has 6 nitrogen and oxygen atoms in total. The molecule has 0 atom stereocenters. The normalized spacial score (nSPS) is 11.2. The van der Waals surface area contributed by atoms with Crippen molar-refractivity contribution < 1.29 is 4.79 Å². The molecule has 2 aromatic heterocycles. The van der Waals surface area contributed by atoms with E-state index in [-0.39, 0.29) is 17.0 Å². The maximum absolute atomic E-state index is 12.0. The van der Waals surface area contributed by atoms with Crippen molar-refractivity contribution in [1.82, 2.24) is 15.0 Å². The minimum absolute atomic E-state index is 0.0340. The maximum atomic E-state index is 12.0. The predicted octanol–water partition coefficient (Wildman–Crippen LogP) is 2.52. The first-order valence-electron chi connectivity index (χ1n) is 6.17. The quantitative estimate of drug-likeness (QED) is 0.908. The van der Waals surface area contributed by atoms with Crippen LogP contribution in [0.15, 0.2) is 17.8 Å². The second-order valence-corrected chi connectivity index (χ2v) is 6.14. The molecule has 0 bridgehead atoms. The fraction of sp³-hybridized carbons (Fsp3) is 0.385. The molecule has 0 aromatic carbocycles. The Labute approximate surface area is 121 Å². The van der Waals surface area contributed by atoms with Gasteiger partial charge in [-0.1, -0.05) is 20.8 Å². The molecule has 0 aliphatic heterocycles. The van der Waals surface area contributed by atoms with Gasteiger partial charge in [-0.3, -0.25) is 10.1 Å². The lowest BCUT2D eigenvalue weighted by Crippen LogP contribution is -2.15. The van der Waals surface area contributed by atoms with E-state index in [0.717, 1.165) is 5.69 Å². The van der Waals surface area contributed by atoms with Crippen molar-refractivity contribution in [3.8, 4) is 0 Å². The molecule has 2 heterocycles. The zero-order valence-electron chi connectivity index (χ0n) is 11.9. The molecule has 2 rings (SSSR count). The second kappa shape index (κ2) is 5.54. The molecular formula is C13H17N5OS. The van der Waals surface area contributed by atoms with Gasteiger partial charge in [-0.25, -0.2) is 15.0 Å². The van der Waals surface area contributed by atoms with Gasteiger partial charge < -0.3 is 5.32 Å². The van der Waals surface area contributed by atoms with E-state index in [4.69, 9.17) is 0 Å². The average Bonchev–Trinajstić information content (AvgIpc) is 2.87. The summed E-state index contributed by atoms with van der Waals surface area (Å²) >= 11 is 1.40. The molecule has 7 heteroatoms. The van der Waals surface area contributed by atoms with Gasteiger partial charge >= 0.3 is 0 Å². The summed E-state index contributed by atoms with van der Waals surface area (Å²) in [4.78, 5) is 24.5. The van der Waals surface area contributed by atoms with Gasteiger partial charge in [0.2, 0.25) is 0 Å². The number of rotatable bonds is 3. The molecule has 2 aromatic rings. The van der Waals surface area contributed by atoms with Crippen molar-refractivity contribution >= 4 is 28.2 Å². The number of amides is 1. The fourth-order valence-corrected chi connectivity index (χ4v) is 2.34. The molecule has 106 valence electrons. The van der Waals surface area contributed by atoms with E-state index < -0.39 is 0 Å². The largest absolute Gasteiger partial charge is 0.372 e. The molecule has 0 unspecified atom stereocenters. The minimum atomic E-state index is -0.310. The summed E-state index contributed by atoms with van der Waals surface area (Å²) in [6.45, 7) is 6.24. The number of thiazole rings is 1. The highest BCUT2D eigenvalue weighted by molar-refractivity contribution is 7.14. The highest BCUT2D eigenvalue weighted by Crippen LogP contribution is 2.26. The molecule has 0 radical (unpaired) electrons. The van der Waals surface area contributed by atoms with Crippen LogP contribution in [0.5, 0.6) is 0 Å². The SMILES string of the molecule is CNc1cnc(C(=O)Nc2nc(C(C)(C)C)cs2)cn1. The van der Waals surface area contributed by atoms with Crippen LogP contribution in [0.4, 0.5) is 10.9 Å². The molecule has 1 amide bonds. The van der Waals surface area contributed by atoms with Crippen molar-refractivity contribution in [2.24, 2.45) is 0 Å². The first-order valence-corrected chi connectivity index (χ1v) is 7.05. The Hall–Kier alpha value is -2.02. The van der Waals surface area contributed by atoms with Gasteiger partial charge in [0.05, 0.1) is 18.1 Å². The van der Waals surface area contributed by atoms with Gasteiger partial charge in [-0.2, -0.15) is 0 Å². The number of carbonyl (C=O) groups excluding carboxylic acids is 1. The van der Waals surface area contributed by atoms with Crippen LogP contribution in [0.2, 0.25) is 0 Å². The van der Waals surface area contributed by atoms with Crippen LogP contribution in [0.25, 0.3) is 0 Å². The monoisotopic (exact) mass is 291 g/mol. The van der Waals surface area contributed by atoms with Crippen LogP contribution in [0.3, 0.4) is 0 Å². The van der Waals surface area contributed by atoms with Gasteiger partial charge in [-0.05, 0) is 0 Å². The molecular weight excluding hydrogens is 274 g/mol. The Morgan fingerprint density at radius 2 is 2.00 bits per heavy atom. The van der Waals surface area contributed by atoms with E-state index in [1.54, 1.807) is 7.05 Å². The Kier molecular flexibility index (Phi) is 3.99. The highest BCUT2D eigenvalue weighted by Gasteiger charge is 2.18. The van der Waals surface area contributed by atoms with Gasteiger partial charge in [0.15, 0.2) is 5.13 Å². The van der Waals surface area contributed by atoms with Crippen molar-refractivity contribution in [3.63, 3.8) is 0 Å². The fourth-order valence-electron chi connectivity index (χ4n) is 1.41. The van der Waals surface area contributed by atoms with E-state index in [1.807, 2.05) is 5.38 Å². The number of nitrogens with zero attached hydrogens (tertiary/aromatic N) is 3. The Bertz CT molecular complexity index is 600. The van der Waals surface area contributed by atoms with Crippen molar-refractivity contribution in [3.05, 3.63) is 29.2 Å². The molecule has 0 saturated heterocycles. The summed E-state index contributed by atoms with van der Waals surface area (Å²) in [5.74, 6) is 0.306. The van der Waals surface area contributed by atoms with Gasteiger partial charge in [-0.15, -0.1) is 11.3 Å². The average molecular weight is 291 g/mol. The molecule has 0 fully saturated rings. The Balaban J connectivity index is 2.09. The van der Waals surface area contributed by atoms with Crippen molar-refractivity contribution in [2.45, 2.75) is 26.2 Å². The molecule has 0 spiro atoms. The predicted molar refractivity (Wildman–Crippen MR) is 80.3 cm³/mol. The van der Waals surface area contributed by atoms with E-state index in [9.17, 15) is 4.79 Å². The van der Waals surface area contributed by atoms with Crippen molar-refractivity contribution in [1.29, 1.82) is 0 Å². The molecule has 0 aliphatic carbocycles. The number of anilines is 2. The van der Waals surface area contributed by atoms with E-state index >= 15 is 0 Å². The first kappa shape index (κ1) is 14.4. The standard InChI is InChI=1S/C13H17N5OS/c1-13(2,3)9-7-20-12(17-9)18-11(19)8-5-16-10(14-4)6-15-8/h5-7H,1-4H3,(H,14,16)(H,17,18,19). The summed E-state index contributed by atoms with van der Waals surface area (Å²) in [7, 11) is 1.74. The van der Waals surface area contributed by atoms with E-state index in [0.29, 0.717) is 10.9 Å². The van der Waals surface area contributed by atoms with Gasteiger partial charge in [0.25, 0.3) is 5.91 Å². The number of carbonyl (C=O) groups is 1. The molecule has 0 aliphatic rings. The maximum Gasteiger partial charge on any atom is 0.277 e. The zero-order valence-corrected chi connectivity index (χ0v) is 12.7. The first-order chi connectivity index (χ1) is 9.40. The topological polar surface area (TPSA) is 79.8 Å². The second-order valence-electron chi connectivity index (χ2n) is 5.28. The highest BCUT2D eigenvalue weighted by atomic mass is 32.1. The van der Waals surface area contributed by atoms with Gasteiger partial charge in [0.1, 0.15) is 11.5 Å². The summed E-state index contributed by atoms with van der Waals surface area (Å²) in [6.07, 6.45) is 2.94. The number of hydrogen-bond donors (Lipinski definition) is 2. The smallest absolute Gasteiger partial charge is 0.277 e. The summed E-state index contributed by atoms with van der Waals surface area (Å²) < 4.78 is 0. The summed E-state index contributed by atoms with van der Waals surface area (Å²) in [5, 5.41) is 8.10. The van der Waals surface area contributed by atoms with Crippen LogP contribution < -0.4 is 10.6 Å². The Morgan fingerprint density at radius 3 is 2.50 bits per heavy atom. The third-order valence-corrected chi connectivity index (χ3v) is 3.39. The van der Waals surface area contributed by atoms with Crippen molar-refractivity contribution in [2.75, 3.05) is 17.7 Å². The zero-order chi connectivity index (χ0) is 14.8.